The molecule has 1 heterocycles. The van der Waals surface area contributed by atoms with E-state index >= 15 is 0 Å². The molecule has 1 N–H and O–H groups in total. The number of hydrogen-bond donors (Lipinski definition) is 1. The third-order valence-corrected chi connectivity index (χ3v) is 3.84. The van der Waals surface area contributed by atoms with Crippen LogP contribution in [-0.4, -0.2) is 12.5 Å². The number of halogens is 2. The molecule has 106 valence electrons. The van der Waals surface area contributed by atoms with Crippen molar-refractivity contribution in [3.05, 3.63) is 46.8 Å². The number of nitrogens with one attached hydrogen (secondary N) is 1. The van der Waals surface area contributed by atoms with E-state index in [1.807, 2.05) is 13.8 Å². The van der Waals surface area contributed by atoms with Gasteiger partial charge in [-0.25, -0.2) is 8.78 Å². The van der Waals surface area contributed by atoms with Gasteiger partial charge in [0.15, 0.2) is 11.6 Å². The van der Waals surface area contributed by atoms with Crippen LogP contribution < -0.4 is 5.32 Å². The molecule has 1 aromatic heterocycles. The molecule has 1 aromatic carbocycles. The van der Waals surface area contributed by atoms with Gasteiger partial charge >= 0.3 is 0 Å². The van der Waals surface area contributed by atoms with E-state index in [1.165, 1.54) is 17.4 Å². The quantitative estimate of drug-likeness (QED) is 0.904. The lowest BCUT2D eigenvalue weighted by atomic mass is 10.2. The van der Waals surface area contributed by atoms with E-state index in [-0.39, 0.29) is 5.91 Å². The fourth-order valence-corrected chi connectivity index (χ4v) is 2.57. The number of hydrogen-bond acceptors (Lipinski definition) is 2. The highest BCUT2D eigenvalue weighted by atomic mass is 32.1. The van der Waals surface area contributed by atoms with Crippen molar-refractivity contribution in [3.8, 4) is 10.4 Å². The molecule has 0 aliphatic rings. The summed E-state index contributed by atoms with van der Waals surface area (Å²) in [6.07, 6.45) is 0. The van der Waals surface area contributed by atoms with Gasteiger partial charge in [0.25, 0.3) is 5.91 Å². The van der Waals surface area contributed by atoms with Crippen molar-refractivity contribution >= 4 is 17.2 Å². The van der Waals surface area contributed by atoms with E-state index in [9.17, 15) is 13.6 Å². The van der Waals surface area contributed by atoms with E-state index in [1.54, 1.807) is 12.1 Å². The van der Waals surface area contributed by atoms with Crippen molar-refractivity contribution in [2.75, 3.05) is 6.54 Å². The molecular formula is C15H15F2NOS. The minimum atomic E-state index is -0.887. The molecule has 0 radical (unpaired) electrons. The first-order valence-corrected chi connectivity index (χ1v) is 7.12. The third-order valence-electron chi connectivity index (χ3n) is 2.70. The average Bonchev–Trinajstić information content (AvgIpc) is 2.89. The highest BCUT2D eigenvalue weighted by Crippen LogP contribution is 2.29. The lowest BCUT2D eigenvalue weighted by molar-refractivity contribution is 0.0953. The van der Waals surface area contributed by atoms with E-state index < -0.39 is 11.6 Å². The maximum atomic E-state index is 13.2. The van der Waals surface area contributed by atoms with Gasteiger partial charge in [-0.3, -0.25) is 4.79 Å². The standard InChI is InChI=1S/C15H15F2NOS/c1-9(2)8-18-15(19)14-6-5-13(20-14)10-3-4-11(16)12(17)7-10/h3-7,9H,8H2,1-2H3,(H,18,19). The van der Waals surface area contributed by atoms with Crippen LogP contribution >= 0.6 is 11.3 Å². The van der Waals surface area contributed by atoms with E-state index in [0.717, 1.165) is 17.0 Å². The van der Waals surface area contributed by atoms with E-state index in [2.05, 4.69) is 5.32 Å². The lowest BCUT2D eigenvalue weighted by Gasteiger charge is -2.05. The Labute approximate surface area is 120 Å². The maximum absolute atomic E-state index is 13.2. The second-order valence-corrected chi connectivity index (χ2v) is 5.98. The van der Waals surface area contributed by atoms with Crippen LogP contribution in [0.1, 0.15) is 23.5 Å². The van der Waals surface area contributed by atoms with Crippen LogP contribution in [-0.2, 0) is 0 Å². The monoisotopic (exact) mass is 295 g/mol. The zero-order valence-electron chi connectivity index (χ0n) is 11.2. The van der Waals surface area contributed by atoms with Gasteiger partial charge in [-0.15, -0.1) is 11.3 Å². The van der Waals surface area contributed by atoms with E-state index in [4.69, 9.17) is 0 Å². The Hall–Kier alpha value is -1.75. The number of carbonyl (C=O) groups excluding carboxylic acids is 1. The molecule has 0 fully saturated rings. The average molecular weight is 295 g/mol. The Morgan fingerprint density at radius 1 is 1.20 bits per heavy atom. The summed E-state index contributed by atoms with van der Waals surface area (Å²) in [5.74, 6) is -1.52. The summed E-state index contributed by atoms with van der Waals surface area (Å²) in [6, 6.07) is 7.15. The van der Waals surface area contributed by atoms with Crippen LogP contribution in [0.25, 0.3) is 10.4 Å². The SMILES string of the molecule is CC(C)CNC(=O)c1ccc(-c2ccc(F)c(F)c2)s1. The smallest absolute Gasteiger partial charge is 0.261 e. The highest BCUT2D eigenvalue weighted by Gasteiger charge is 2.11. The van der Waals surface area contributed by atoms with Gasteiger partial charge in [-0.2, -0.15) is 0 Å². The Balaban J connectivity index is 2.16. The van der Waals surface area contributed by atoms with Crippen LogP contribution in [0, 0.1) is 17.6 Å². The van der Waals surface area contributed by atoms with Crippen molar-refractivity contribution in [2.24, 2.45) is 5.92 Å². The first-order chi connectivity index (χ1) is 9.47. The molecule has 1 amide bonds. The second-order valence-electron chi connectivity index (χ2n) is 4.90. The molecule has 0 spiro atoms. The highest BCUT2D eigenvalue weighted by molar-refractivity contribution is 7.17. The normalized spacial score (nSPS) is 10.8. The van der Waals surface area contributed by atoms with Gasteiger partial charge in [0.2, 0.25) is 0 Å². The Kier molecular flexibility index (Phi) is 4.49. The largest absolute Gasteiger partial charge is 0.351 e. The van der Waals surface area contributed by atoms with Crippen LogP contribution in [0.3, 0.4) is 0 Å². The summed E-state index contributed by atoms with van der Waals surface area (Å²) >= 11 is 1.26. The zero-order valence-corrected chi connectivity index (χ0v) is 12.1. The summed E-state index contributed by atoms with van der Waals surface area (Å²) in [5.41, 5.74) is 0.566. The van der Waals surface area contributed by atoms with E-state index in [0.29, 0.717) is 22.9 Å². The molecule has 0 saturated heterocycles. The molecule has 0 atom stereocenters. The predicted molar refractivity (Wildman–Crippen MR) is 76.8 cm³/mol. The maximum Gasteiger partial charge on any atom is 0.261 e. The number of rotatable bonds is 4. The minimum absolute atomic E-state index is 0.141. The number of carbonyl (C=O) groups is 1. The zero-order chi connectivity index (χ0) is 14.7. The van der Waals surface area contributed by atoms with Crippen LogP contribution in [0.2, 0.25) is 0 Å². The van der Waals surface area contributed by atoms with Gasteiger partial charge in [0.1, 0.15) is 0 Å². The summed E-state index contributed by atoms with van der Waals surface area (Å²) in [5, 5.41) is 2.82. The predicted octanol–water partition coefficient (Wildman–Crippen LogP) is 4.08. The van der Waals surface area contributed by atoms with Crippen molar-refractivity contribution < 1.29 is 13.6 Å². The molecule has 0 bridgehead atoms. The molecule has 20 heavy (non-hydrogen) atoms. The molecule has 2 rings (SSSR count). The molecule has 2 nitrogen and oxygen atoms in total. The summed E-state index contributed by atoms with van der Waals surface area (Å²) in [7, 11) is 0. The van der Waals surface area contributed by atoms with Crippen molar-refractivity contribution in [2.45, 2.75) is 13.8 Å². The van der Waals surface area contributed by atoms with Crippen LogP contribution in [0.4, 0.5) is 8.78 Å². The molecule has 0 unspecified atom stereocenters. The van der Waals surface area contributed by atoms with Gasteiger partial charge in [-0.05, 0) is 35.7 Å². The first kappa shape index (κ1) is 14.7. The molecule has 0 saturated carbocycles. The minimum Gasteiger partial charge on any atom is -0.351 e. The van der Waals surface area contributed by atoms with Crippen LogP contribution in [0.5, 0.6) is 0 Å². The number of benzene rings is 1. The van der Waals surface area contributed by atoms with Crippen molar-refractivity contribution in [3.63, 3.8) is 0 Å². The molecule has 5 heteroatoms. The summed E-state index contributed by atoms with van der Waals surface area (Å²) in [6.45, 7) is 4.64. The van der Waals surface area contributed by atoms with Gasteiger partial charge in [0.05, 0.1) is 4.88 Å². The fraction of sp³-hybridized carbons (Fsp3) is 0.267. The first-order valence-electron chi connectivity index (χ1n) is 6.31. The Morgan fingerprint density at radius 2 is 1.95 bits per heavy atom. The number of amides is 1. The Morgan fingerprint density at radius 3 is 2.60 bits per heavy atom. The molecule has 0 aliphatic heterocycles. The molecule has 2 aromatic rings. The summed E-state index contributed by atoms with van der Waals surface area (Å²) < 4.78 is 26.1. The van der Waals surface area contributed by atoms with Crippen molar-refractivity contribution in [1.82, 2.24) is 5.32 Å². The van der Waals surface area contributed by atoms with Crippen LogP contribution in [0.15, 0.2) is 30.3 Å². The molecular weight excluding hydrogens is 280 g/mol. The van der Waals surface area contributed by atoms with Gasteiger partial charge in [0, 0.05) is 11.4 Å². The van der Waals surface area contributed by atoms with Crippen molar-refractivity contribution in [1.29, 1.82) is 0 Å². The molecule has 0 aliphatic carbocycles. The van der Waals surface area contributed by atoms with Gasteiger partial charge < -0.3 is 5.32 Å². The topological polar surface area (TPSA) is 29.1 Å². The summed E-state index contributed by atoms with van der Waals surface area (Å²) in [4.78, 5) is 13.2. The lowest BCUT2D eigenvalue weighted by Crippen LogP contribution is -2.26. The fourth-order valence-electron chi connectivity index (χ4n) is 1.65. The Bertz CT molecular complexity index is 622. The van der Waals surface area contributed by atoms with Gasteiger partial charge in [-0.1, -0.05) is 19.9 Å². The second kappa shape index (κ2) is 6.13. The third kappa shape index (κ3) is 3.42. The number of thiophene rings is 1.